The Morgan fingerprint density at radius 3 is 2.29 bits per heavy atom. The molecule has 1 aromatic carbocycles. The smallest absolute Gasteiger partial charge is 0.387 e. The molecule has 2 atom stereocenters. The molecule has 1 aliphatic rings. The largest absolute Gasteiger partial charge is 0.435 e. The molecule has 0 amide bonds. The summed E-state index contributed by atoms with van der Waals surface area (Å²) in [5, 5.41) is 6.28. The Kier molecular flexibility index (Phi) is 6.28. The van der Waals surface area contributed by atoms with Crippen LogP contribution in [-0.2, 0) is 0 Å². The summed E-state index contributed by atoms with van der Waals surface area (Å²) in [7, 11) is 0. The summed E-state index contributed by atoms with van der Waals surface area (Å²) in [5.41, 5.74) is 0.266. The van der Waals surface area contributed by atoms with Crippen LogP contribution in [-0.4, -0.2) is 36.5 Å². The minimum absolute atomic E-state index is 0.242. The van der Waals surface area contributed by atoms with Crippen LogP contribution in [0, 0.1) is 0 Å². The van der Waals surface area contributed by atoms with Crippen LogP contribution in [0.2, 0.25) is 0 Å². The Morgan fingerprint density at radius 1 is 1.08 bits per heavy atom. The van der Waals surface area contributed by atoms with E-state index in [9.17, 15) is 17.6 Å². The van der Waals surface area contributed by atoms with Crippen LogP contribution in [0.5, 0.6) is 11.5 Å². The molecule has 4 nitrogen and oxygen atoms in total. The minimum Gasteiger partial charge on any atom is -0.435 e. The highest BCUT2D eigenvalue weighted by Crippen LogP contribution is 2.27. The molecule has 0 aromatic heterocycles. The maximum absolute atomic E-state index is 12.5. The van der Waals surface area contributed by atoms with Gasteiger partial charge in [-0.1, -0.05) is 0 Å². The second-order valence-electron chi connectivity index (χ2n) is 5.71. The average molecular weight is 348 g/mol. The number of nitrogens with zero attached hydrogens (tertiary/aromatic N) is 2. The van der Waals surface area contributed by atoms with Crippen LogP contribution in [0.4, 0.5) is 17.6 Å². The molecular formula is C16H20F4N2O2. The molecule has 1 aliphatic heterocycles. The molecule has 0 unspecified atom stereocenters. The van der Waals surface area contributed by atoms with E-state index in [0.717, 1.165) is 25.3 Å². The molecule has 0 saturated carbocycles. The lowest BCUT2D eigenvalue weighted by atomic mass is 10.00. The van der Waals surface area contributed by atoms with Crippen molar-refractivity contribution in [1.82, 2.24) is 5.01 Å². The number of hydrogen-bond donors (Lipinski definition) is 0. The van der Waals surface area contributed by atoms with Gasteiger partial charge in [-0.15, -0.1) is 0 Å². The van der Waals surface area contributed by atoms with Crippen molar-refractivity contribution in [3.8, 4) is 11.5 Å². The van der Waals surface area contributed by atoms with E-state index in [1.165, 1.54) is 18.3 Å². The van der Waals surface area contributed by atoms with Gasteiger partial charge in [0.15, 0.2) is 0 Å². The second kappa shape index (κ2) is 8.21. The Hall–Kier alpha value is -1.99. The standard InChI is InChI=1S/C16H20F4N2O2/c1-10-4-3-5-11(2)22(10)21-9-12-6-7-13(23-15(17)18)8-14(12)24-16(19)20/h6-11,15-16H,3-5H2,1-2H3/b21-9-/t10-,11-/m0/s1. The Bertz CT molecular complexity index is 559. The number of hydrogen-bond acceptors (Lipinski definition) is 4. The fourth-order valence-corrected chi connectivity index (χ4v) is 2.76. The molecule has 0 aliphatic carbocycles. The van der Waals surface area contributed by atoms with Crippen molar-refractivity contribution < 1.29 is 27.0 Å². The zero-order chi connectivity index (χ0) is 17.7. The number of benzene rings is 1. The lowest BCUT2D eigenvalue weighted by molar-refractivity contribution is -0.0543. The maximum atomic E-state index is 12.5. The topological polar surface area (TPSA) is 34.1 Å². The summed E-state index contributed by atoms with van der Waals surface area (Å²) in [6.45, 7) is -2.03. The molecule has 1 fully saturated rings. The first-order valence-corrected chi connectivity index (χ1v) is 7.73. The fourth-order valence-electron chi connectivity index (χ4n) is 2.76. The molecule has 0 radical (unpaired) electrons. The molecule has 24 heavy (non-hydrogen) atoms. The van der Waals surface area contributed by atoms with Gasteiger partial charge in [-0.3, -0.25) is 5.01 Å². The number of hydrazone groups is 1. The third-order valence-electron chi connectivity index (χ3n) is 3.90. The van der Waals surface area contributed by atoms with Gasteiger partial charge in [0.25, 0.3) is 0 Å². The molecular weight excluding hydrogens is 328 g/mol. The van der Waals surface area contributed by atoms with Gasteiger partial charge in [0.2, 0.25) is 0 Å². The third-order valence-corrected chi connectivity index (χ3v) is 3.90. The van der Waals surface area contributed by atoms with Crippen molar-refractivity contribution in [3.63, 3.8) is 0 Å². The van der Waals surface area contributed by atoms with E-state index < -0.39 is 13.2 Å². The summed E-state index contributed by atoms with van der Waals surface area (Å²) in [6.07, 6.45) is 4.53. The van der Waals surface area contributed by atoms with E-state index in [0.29, 0.717) is 0 Å². The predicted octanol–water partition coefficient (Wildman–Crippen LogP) is 4.49. The monoisotopic (exact) mass is 348 g/mol. The normalized spacial score (nSPS) is 21.8. The Balaban J connectivity index is 2.22. The van der Waals surface area contributed by atoms with Crippen molar-refractivity contribution in [1.29, 1.82) is 0 Å². The molecule has 2 rings (SSSR count). The van der Waals surface area contributed by atoms with Crippen LogP contribution in [0.15, 0.2) is 23.3 Å². The second-order valence-corrected chi connectivity index (χ2v) is 5.71. The number of piperidine rings is 1. The number of alkyl halides is 4. The first kappa shape index (κ1) is 18.4. The van der Waals surface area contributed by atoms with Gasteiger partial charge in [-0.05, 0) is 45.2 Å². The highest BCUT2D eigenvalue weighted by molar-refractivity contribution is 5.83. The average Bonchev–Trinajstić information content (AvgIpc) is 2.47. The lowest BCUT2D eigenvalue weighted by Gasteiger charge is -2.36. The van der Waals surface area contributed by atoms with E-state index in [-0.39, 0.29) is 29.1 Å². The van der Waals surface area contributed by atoms with E-state index in [1.807, 2.05) is 18.9 Å². The highest BCUT2D eigenvalue weighted by Gasteiger charge is 2.23. The third kappa shape index (κ3) is 5.01. The highest BCUT2D eigenvalue weighted by atomic mass is 19.3. The van der Waals surface area contributed by atoms with Crippen molar-refractivity contribution in [2.24, 2.45) is 5.10 Å². The van der Waals surface area contributed by atoms with E-state index in [1.54, 1.807) is 0 Å². The van der Waals surface area contributed by atoms with Crippen molar-refractivity contribution >= 4 is 6.21 Å². The van der Waals surface area contributed by atoms with Gasteiger partial charge in [-0.2, -0.15) is 22.7 Å². The zero-order valence-electron chi connectivity index (χ0n) is 13.5. The van der Waals surface area contributed by atoms with Gasteiger partial charge < -0.3 is 9.47 Å². The number of halogens is 4. The summed E-state index contributed by atoms with van der Waals surface area (Å²) < 4.78 is 58.2. The predicted molar refractivity (Wildman–Crippen MR) is 81.9 cm³/mol. The zero-order valence-corrected chi connectivity index (χ0v) is 13.5. The van der Waals surface area contributed by atoms with Crippen molar-refractivity contribution in [3.05, 3.63) is 23.8 Å². The quantitative estimate of drug-likeness (QED) is 0.561. The van der Waals surface area contributed by atoms with Crippen LogP contribution >= 0.6 is 0 Å². The Labute approximate surface area is 138 Å². The van der Waals surface area contributed by atoms with Crippen LogP contribution in [0.25, 0.3) is 0 Å². The van der Waals surface area contributed by atoms with E-state index in [4.69, 9.17) is 0 Å². The molecule has 1 heterocycles. The molecule has 0 N–H and O–H groups in total. The summed E-state index contributed by atoms with van der Waals surface area (Å²) in [5.74, 6) is -0.512. The molecule has 134 valence electrons. The van der Waals surface area contributed by atoms with Gasteiger partial charge in [0.1, 0.15) is 11.5 Å². The maximum Gasteiger partial charge on any atom is 0.387 e. The molecule has 1 aromatic rings. The number of rotatable bonds is 6. The van der Waals surface area contributed by atoms with Gasteiger partial charge in [-0.25, -0.2) is 0 Å². The SMILES string of the molecule is C[C@H]1CCC[C@H](C)N1/N=C\c1ccc(OC(F)F)cc1OC(F)F. The van der Waals surface area contributed by atoms with Crippen molar-refractivity contribution in [2.45, 2.75) is 58.4 Å². The first-order chi connectivity index (χ1) is 11.4. The van der Waals surface area contributed by atoms with Crippen LogP contribution in [0.3, 0.4) is 0 Å². The molecule has 0 bridgehead atoms. The molecule has 8 heteroatoms. The van der Waals surface area contributed by atoms with Crippen LogP contribution in [0.1, 0.15) is 38.7 Å². The van der Waals surface area contributed by atoms with Gasteiger partial charge >= 0.3 is 13.2 Å². The van der Waals surface area contributed by atoms with Crippen molar-refractivity contribution in [2.75, 3.05) is 0 Å². The number of ether oxygens (including phenoxy) is 2. The lowest BCUT2D eigenvalue weighted by Crippen LogP contribution is -2.39. The minimum atomic E-state index is -3.08. The van der Waals surface area contributed by atoms with Crippen LogP contribution < -0.4 is 9.47 Å². The van der Waals surface area contributed by atoms with E-state index >= 15 is 0 Å². The van der Waals surface area contributed by atoms with Gasteiger partial charge in [0, 0.05) is 23.7 Å². The first-order valence-electron chi connectivity index (χ1n) is 7.73. The summed E-state index contributed by atoms with van der Waals surface area (Å²) in [6, 6.07) is 4.10. The van der Waals surface area contributed by atoms with Gasteiger partial charge in [0.05, 0.1) is 6.21 Å². The molecule has 1 saturated heterocycles. The summed E-state index contributed by atoms with van der Waals surface area (Å²) >= 11 is 0. The fraction of sp³-hybridized carbons (Fsp3) is 0.562. The Morgan fingerprint density at radius 2 is 1.71 bits per heavy atom. The van der Waals surface area contributed by atoms with E-state index in [2.05, 4.69) is 14.6 Å². The summed E-state index contributed by atoms with van der Waals surface area (Å²) in [4.78, 5) is 0. The molecule has 0 spiro atoms.